The van der Waals surface area contributed by atoms with E-state index in [2.05, 4.69) is 10.3 Å². The molecule has 0 atom stereocenters. The third kappa shape index (κ3) is 4.49. The van der Waals surface area contributed by atoms with Crippen LogP contribution in [0.3, 0.4) is 0 Å². The number of nitrogens with one attached hydrogen (secondary N) is 2. The van der Waals surface area contributed by atoms with Gasteiger partial charge in [0.2, 0.25) is 5.91 Å². The van der Waals surface area contributed by atoms with Gasteiger partial charge in [-0.15, -0.1) is 0 Å². The number of amides is 2. The number of aryl methyl sites for hydroxylation is 1. The number of nitrogens with zero attached hydrogens (tertiary/aromatic N) is 1. The van der Waals surface area contributed by atoms with Crippen molar-refractivity contribution in [1.82, 2.24) is 4.98 Å². The topological polar surface area (TPSA) is 101 Å². The second kappa shape index (κ2) is 9.32. The molecule has 1 aromatic heterocycles. The van der Waals surface area contributed by atoms with Gasteiger partial charge < -0.3 is 24.7 Å². The molecule has 0 bridgehead atoms. The van der Waals surface area contributed by atoms with E-state index in [1.165, 1.54) is 7.11 Å². The highest BCUT2D eigenvalue weighted by atomic mass is 35.5. The van der Waals surface area contributed by atoms with Gasteiger partial charge in [0.15, 0.2) is 0 Å². The van der Waals surface area contributed by atoms with Gasteiger partial charge in [-0.3, -0.25) is 9.59 Å². The third-order valence-corrected chi connectivity index (χ3v) is 5.30. The lowest BCUT2D eigenvalue weighted by Crippen LogP contribution is -2.24. The quantitative estimate of drug-likeness (QED) is 0.514. The van der Waals surface area contributed by atoms with Crippen LogP contribution in [0.1, 0.15) is 44.9 Å². The summed E-state index contributed by atoms with van der Waals surface area (Å²) in [5.74, 6) is -0.926. The number of hydrogen-bond donors (Lipinski definition) is 2. The van der Waals surface area contributed by atoms with Crippen molar-refractivity contribution in [2.75, 3.05) is 37.1 Å². The molecule has 9 heteroatoms. The Kier molecular flexibility index (Phi) is 6.79. The number of carbonyl (C=O) groups excluding carboxylic acids is 3. The number of H-pyrrole nitrogens is 1. The third-order valence-electron chi connectivity index (χ3n) is 4.97. The molecule has 3 rings (SSSR count). The minimum Gasteiger partial charge on any atom is -0.460 e. The van der Waals surface area contributed by atoms with Crippen LogP contribution in [0.5, 0.6) is 0 Å². The standard InChI is InChI=1S/C21H24ClN3O5/c1-12-18(21(28)30-10-9-29-3)13(2)23-19(12)20(27)24-16-11-14(6-7-15(16)22)25-8-4-5-17(25)26/h6-7,11,23H,4-5,8-10H2,1-3H3,(H,24,27). The summed E-state index contributed by atoms with van der Waals surface area (Å²) in [6.45, 7) is 4.42. The van der Waals surface area contributed by atoms with Crippen LogP contribution < -0.4 is 10.2 Å². The molecule has 0 radical (unpaired) electrons. The van der Waals surface area contributed by atoms with Crippen LogP contribution in [0.2, 0.25) is 5.02 Å². The van der Waals surface area contributed by atoms with Crippen LogP contribution in [0.15, 0.2) is 18.2 Å². The maximum Gasteiger partial charge on any atom is 0.340 e. The molecule has 30 heavy (non-hydrogen) atoms. The normalized spacial score (nSPS) is 13.6. The average Bonchev–Trinajstić information content (AvgIpc) is 3.26. The van der Waals surface area contributed by atoms with Gasteiger partial charge in [-0.05, 0) is 44.0 Å². The van der Waals surface area contributed by atoms with Crippen molar-refractivity contribution < 1.29 is 23.9 Å². The summed E-state index contributed by atoms with van der Waals surface area (Å²) in [5.41, 5.74) is 2.63. The minimum atomic E-state index is -0.523. The largest absolute Gasteiger partial charge is 0.460 e. The van der Waals surface area contributed by atoms with Crippen molar-refractivity contribution in [2.24, 2.45) is 0 Å². The van der Waals surface area contributed by atoms with Crippen LogP contribution in [-0.2, 0) is 14.3 Å². The predicted octanol–water partition coefficient (Wildman–Crippen LogP) is 3.47. The first-order valence-corrected chi connectivity index (χ1v) is 9.97. The zero-order chi connectivity index (χ0) is 21.8. The van der Waals surface area contributed by atoms with Gasteiger partial charge in [0, 0.05) is 31.5 Å². The van der Waals surface area contributed by atoms with E-state index in [0.29, 0.717) is 46.2 Å². The van der Waals surface area contributed by atoms with Gasteiger partial charge in [-0.1, -0.05) is 11.6 Å². The molecule has 8 nitrogen and oxygen atoms in total. The van der Waals surface area contributed by atoms with E-state index in [9.17, 15) is 14.4 Å². The molecule has 2 heterocycles. The minimum absolute atomic E-state index is 0.0436. The lowest BCUT2D eigenvalue weighted by molar-refractivity contribution is -0.117. The molecule has 160 valence electrons. The molecule has 0 spiro atoms. The summed E-state index contributed by atoms with van der Waals surface area (Å²) in [7, 11) is 1.52. The first-order valence-electron chi connectivity index (χ1n) is 9.60. The fourth-order valence-corrected chi connectivity index (χ4v) is 3.62. The Morgan fingerprint density at radius 3 is 2.70 bits per heavy atom. The van der Waals surface area contributed by atoms with Crippen molar-refractivity contribution in [2.45, 2.75) is 26.7 Å². The number of rotatable bonds is 7. The van der Waals surface area contributed by atoms with Gasteiger partial charge in [0.1, 0.15) is 12.3 Å². The number of carbonyl (C=O) groups is 3. The monoisotopic (exact) mass is 433 g/mol. The Hall–Kier alpha value is -2.84. The lowest BCUT2D eigenvalue weighted by Gasteiger charge is -2.17. The zero-order valence-electron chi connectivity index (χ0n) is 17.1. The van der Waals surface area contributed by atoms with Crippen LogP contribution in [0, 0.1) is 13.8 Å². The van der Waals surface area contributed by atoms with Gasteiger partial charge in [-0.25, -0.2) is 4.79 Å². The van der Waals surface area contributed by atoms with E-state index < -0.39 is 11.9 Å². The van der Waals surface area contributed by atoms with Crippen LogP contribution >= 0.6 is 11.6 Å². The maximum atomic E-state index is 12.9. The molecule has 1 aliphatic rings. The highest BCUT2D eigenvalue weighted by Crippen LogP contribution is 2.30. The molecule has 0 unspecified atom stereocenters. The van der Waals surface area contributed by atoms with Crippen LogP contribution in [0.4, 0.5) is 11.4 Å². The number of aromatic nitrogens is 1. The summed E-state index contributed by atoms with van der Waals surface area (Å²) in [6, 6.07) is 5.07. The number of halogens is 1. The molecule has 0 saturated carbocycles. The summed E-state index contributed by atoms with van der Waals surface area (Å²) < 4.78 is 10.0. The van der Waals surface area contributed by atoms with Crippen LogP contribution in [0.25, 0.3) is 0 Å². The zero-order valence-corrected chi connectivity index (χ0v) is 17.9. The first-order chi connectivity index (χ1) is 14.3. The Morgan fingerprint density at radius 1 is 1.27 bits per heavy atom. The molecular formula is C21H24ClN3O5. The number of esters is 1. The number of aromatic amines is 1. The van der Waals surface area contributed by atoms with Crippen molar-refractivity contribution in [3.05, 3.63) is 45.7 Å². The van der Waals surface area contributed by atoms with E-state index in [0.717, 1.165) is 6.42 Å². The first kappa shape index (κ1) is 21.9. The van der Waals surface area contributed by atoms with Crippen molar-refractivity contribution in [3.63, 3.8) is 0 Å². The predicted molar refractivity (Wildman–Crippen MR) is 113 cm³/mol. The molecule has 2 aromatic rings. The van der Waals surface area contributed by atoms with E-state index in [1.54, 1.807) is 36.9 Å². The van der Waals surface area contributed by atoms with Gasteiger partial charge in [-0.2, -0.15) is 0 Å². The van der Waals surface area contributed by atoms with E-state index in [4.69, 9.17) is 21.1 Å². The van der Waals surface area contributed by atoms with Crippen molar-refractivity contribution in [1.29, 1.82) is 0 Å². The summed E-state index contributed by atoms with van der Waals surface area (Å²) in [6.07, 6.45) is 1.31. The number of anilines is 2. The molecule has 2 N–H and O–H groups in total. The fourth-order valence-electron chi connectivity index (χ4n) is 3.46. The molecule has 2 amide bonds. The Labute approximate surface area is 179 Å². The SMILES string of the molecule is COCCOC(=O)c1c(C)[nH]c(C(=O)Nc2cc(N3CCCC3=O)ccc2Cl)c1C. The number of methoxy groups -OCH3 is 1. The Balaban J connectivity index is 1.80. The number of hydrogen-bond acceptors (Lipinski definition) is 5. The van der Waals surface area contributed by atoms with Gasteiger partial charge >= 0.3 is 5.97 Å². The number of ether oxygens (including phenoxy) is 2. The summed E-state index contributed by atoms with van der Waals surface area (Å²) in [4.78, 5) is 41.8. The summed E-state index contributed by atoms with van der Waals surface area (Å²) in [5, 5.41) is 3.11. The van der Waals surface area contributed by atoms with Crippen molar-refractivity contribution >= 4 is 40.8 Å². The highest BCUT2D eigenvalue weighted by Gasteiger charge is 2.25. The highest BCUT2D eigenvalue weighted by molar-refractivity contribution is 6.34. The van der Waals surface area contributed by atoms with E-state index >= 15 is 0 Å². The van der Waals surface area contributed by atoms with Gasteiger partial charge in [0.25, 0.3) is 5.91 Å². The van der Waals surface area contributed by atoms with Gasteiger partial charge in [0.05, 0.1) is 22.9 Å². The van der Waals surface area contributed by atoms with Crippen LogP contribution in [-0.4, -0.2) is 49.6 Å². The Bertz CT molecular complexity index is 985. The smallest absolute Gasteiger partial charge is 0.340 e. The molecule has 1 fully saturated rings. The Morgan fingerprint density at radius 2 is 2.03 bits per heavy atom. The second-order valence-electron chi connectivity index (χ2n) is 7.02. The van der Waals surface area contributed by atoms with Crippen molar-refractivity contribution in [3.8, 4) is 0 Å². The lowest BCUT2D eigenvalue weighted by atomic mass is 10.1. The average molecular weight is 434 g/mol. The molecule has 1 aromatic carbocycles. The second-order valence-corrected chi connectivity index (χ2v) is 7.43. The number of benzene rings is 1. The maximum absolute atomic E-state index is 12.9. The molecular weight excluding hydrogens is 410 g/mol. The molecule has 1 aliphatic heterocycles. The molecule has 1 saturated heterocycles. The van der Waals surface area contributed by atoms with E-state index in [-0.39, 0.29) is 24.8 Å². The molecule has 0 aliphatic carbocycles. The van der Waals surface area contributed by atoms with E-state index in [1.807, 2.05) is 0 Å². The summed E-state index contributed by atoms with van der Waals surface area (Å²) >= 11 is 6.25. The fraction of sp³-hybridized carbons (Fsp3) is 0.381.